The molecule has 2 heterocycles. The quantitative estimate of drug-likeness (QED) is 0.375. The first-order valence-electron chi connectivity index (χ1n) is 11.4. The Balaban J connectivity index is 0.000000507. The van der Waals surface area contributed by atoms with E-state index in [1.807, 2.05) is 94.7 Å². The fraction of sp³-hybridized carbons (Fsp3) is 0.310. The van der Waals surface area contributed by atoms with Gasteiger partial charge >= 0.3 is 0 Å². The lowest BCUT2D eigenvalue weighted by Gasteiger charge is -2.12. The number of aromatic nitrogens is 2. The van der Waals surface area contributed by atoms with Crippen molar-refractivity contribution in [3.63, 3.8) is 0 Å². The summed E-state index contributed by atoms with van der Waals surface area (Å²) in [4.78, 5) is 8.56. The minimum absolute atomic E-state index is 0.496. The molecule has 0 aliphatic heterocycles. The number of hydrogen-bond acceptors (Lipinski definition) is 2. The minimum atomic E-state index is 0.496. The molecule has 0 bridgehead atoms. The van der Waals surface area contributed by atoms with Crippen molar-refractivity contribution < 1.29 is 0 Å². The van der Waals surface area contributed by atoms with Gasteiger partial charge in [-0.25, -0.2) is 0 Å². The second kappa shape index (κ2) is 19.0. The van der Waals surface area contributed by atoms with Gasteiger partial charge in [-0.05, 0) is 55.5 Å². The Kier molecular flexibility index (Phi) is 17.2. The van der Waals surface area contributed by atoms with E-state index < -0.39 is 0 Å². The van der Waals surface area contributed by atoms with Gasteiger partial charge < -0.3 is 0 Å². The van der Waals surface area contributed by atoms with Crippen LogP contribution in [-0.2, 0) is 0 Å². The summed E-state index contributed by atoms with van der Waals surface area (Å²) in [6, 6.07) is 22.0. The third-order valence-electron chi connectivity index (χ3n) is 4.33. The zero-order valence-electron chi connectivity index (χ0n) is 20.3. The van der Waals surface area contributed by atoms with Crippen LogP contribution in [0.5, 0.6) is 0 Å². The molecule has 0 spiro atoms. The van der Waals surface area contributed by atoms with Crippen LogP contribution < -0.4 is 0 Å². The molecule has 0 amide bonds. The van der Waals surface area contributed by atoms with Crippen LogP contribution in [0.3, 0.4) is 0 Å². The smallest absolute Gasteiger partial charge is 0.0701 e. The predicted octanol–water partition coefficient (Wildman–Crippen LogP) is 8.89. The fourth-order valence-electron chi connectivity index (χ4n) is 2.63. The number of nitrogens with zero attached hydrogens (tertiary/aromatic N) is 2. The molecule has 2 nitrogen and oxygen atoms in total. The molecule has 0 aliphatic rings. The molecule has 166 valence electrons. The van der Waals surface area contributed by atoms with Gasteiger partial charge in [0.05, 0.1) is 11.4 Å². The molecular weight excluding hydrogens is 376 g/mol. The van der Waals surface area contributed by atoms with Crippen LogP contribution in [0.25, 0.3) is 16.8 Å². The van der Waals surface area contributed by atoms with Crippen LogP contribution in [0.1, 0.15) is 60.1 Å². The molecule has 0 N–H and O–H groups in total. The lowest BCUT2D eigenvalue weighted by atomic mass is 9.94. The summed E-state index contributed by atoms with van der Waals surface area (Å²) >= 11 is 0. The van der Waals surface area contributed by atoms with Gasteiger partial charge in [0.2, 0.25) is 0 Å². The summed E-state index contributed by atoms with van der Waals surface area (Å²) in [6.07, 6.45) is 10.2. The molecule has 0 radical (unpaired) electrons. The molecule has 0 fully saturated rings. The van der Waals surface area contributed by atoms with Gasteiger partial charge in [-0.2, -0.15) is 0 Å². The lowest BCUT2D eigenvalue weighted by Crippen LogP contribution is -1.99. The fourth-order valence-corrected chi connectivity index (χ4v) is 2.63. The molecule has 0 saturated heterocycles. The van der Waals surface area contributed by atoms with Crippen molar-refractivity contribution in [1.29, 1.82) is 0 Å². The summed E-state index contributed by atoms with van der Waals surface area (Å²) < 4.78 is 0. The first-order chi connectivity index (χ1) is 15.2. The van der Waals surface area contributed by atoms with E-state index in [2.05, 4.69) is 54.7 Å². The SMILES string of the molecule is C=C(c1ccccn1)C(C)CC/C=C\C.CC.CC.c1ccc(-c2ccccn2)cc1. The van der Waals surface area contributed by atoms with Crippen molar-refractivity contribution in [2.45, 2.75) is 54.4 Å². The predicted molar refractivity (Wildman–Crippen MR) is 139 cm³/mol. The van der Waals surface area contributed by atoms with Crippen molar-refractivity contribution in [1.82, 2.24) is 9.97 Å². The Morgan fingerprint density at radius 3 is 1.94 bits per heavy atom. The molecule has 1 unspecified atom stereocenters. The van der Waals surface area contributed by atoms with Gasteiger partial charge in [0, 0.05) is 18.0 Å². The maximum atomic E-state index is 4.31. The van der Waals surface area contributed by atoms with Crippen molar-refractivity contribution in [2.24, 2.45) is 5.92 Å². The average Bonchev–Trinajstić information content (AvgIpc) is 2.88. The van der Waals surface area contributed by atoms with E-state index in [1.165, 1.54) is 0 Å². The molecule has 3 aromatic rings. The van der Waals surface area contributed by atoms with Crippen molar-refractivity contribution in [3.8, 4) is 11.3 Å². The summed E-state index contributed by atoms with van der Waals surface area (Å²) in [6.45, 7) is 16.4. The van der Waals surface area contributed by atoms with Crippen LogP contribution in [-0.4, -0.2) is 9.97 Å². The highest BCUT2D eigenvalue weighted by molar-refractivity contribution is 5.61. The summed E-state index contributed by atoms with van der Waals surface area (Å²) in [7, 11) is 0. The highest BCUT2D eigenvalue weighted by Gasteiger charge is 2.08. The van der Waals surface area contributed by atoms with Crippen molar-refractivity contribution >= 4 is 5.57 Å². The normalized spacial score (nSPS) is 10.4. The van der Waals surface area contributed by atoms with Gasteiger partial charge in [0.1, 0.15) is 0 Å². The number of pyridine rings is 2. The van der Waals surface area contributed by atoms with Crippen LogP contribution in [0, 0.1) is 5.92 Å². The Bertz CT molecular complexity index is 772. The first kappa shape index (κ1) is 28.0. The van der Waals surface area contributed by atoms with Crippen LogP contribution in [0.15, 0.2) is 97.9 Å². The second-order valence-electron chi connectivity index (χ2n) is 6.37. The van der Waals surface area contributed by atoms with E-state index in [0.29, 0.717) is 5.92 Å². The number of hydrogen-bond donors (Lipinski definition) is 0. The molecular formula is C29H40N2. The zero-order chi connectivity index (χ0) is 23.3. The van der Waals surface area contributed by atoms with E-state index in [-0.39, 0.29) is 0 Å². The van der Waals surface area contributed by atoms with E-state index in [9.17, 15) is 0 Å². The molecule has 0 aliphatic carbocycles. The molecule has 0 saturated carbocycles. The maximum Gasteiger partial charge on any atom is 0.0701 e. The Morgan fingerprint density at radius 1 is 0.839 bits per heavy atom. The molecule has 2 heteroatoms. The third kappa shape index (κ3) is 11.7. The van der Waals surface area contributed by atoms with Gasteiger partial charge in [0.25, 0.3) is 0 Å². The highest BCUT2D eigenvalue weighted by Crippen LogP contribution is 2.23. The molecule has 1 aromatic carbocycles. The number of benzene rings is 1. The van der Waals surface area contributed by atoms with E-state index in [0.717, 1.165) is 35.4 Å². The van der Waals surface area contributed by atoms with E-state index in [4.69, 9.17) is 0 Å². The average molecular weight is 417 g/mol. The van der Waals surface area contributed by atoms with Crippen molar-refractivity contribution in [2.75, 3.05) is 0 Å². The third-order valence-corrected chi connectivity index (χ3v) is 4.33. The standard InChI is InChI=1S/C14H19N.C11H9N.2C2H6/c1-4-5-6-9-12(2)13(3)14-10-7-8-11-15-14;1-2-6-10(7-3-1)11-8-4-5-9-12-11;2*1-2/h4-5,7-8,10-12H,3,6,9H2,1-2H3;1-9H;2*1-2H3/b5-4-;;;. The largest absolute Gasteiger partial charge is 0.257 e. The maximum absolute atomic E-state index is 4.31. The molecule has 1 atom stereocenters. The highest BCUT2D eigenvalue weighted by atomic mass is 14.7. The Hall–Kier alpha value is -3.00. The summed E-state index contributed by atoms with van der Waals surface area (Å²) in [5.41, 5.74) is 4.35. The topological polar surface area (TPSA) is 25.8 Å². The second-order valence-corrected chi connectivity index (χ2v) is 6.37. The van der Waals surface area contributed by atoms with E-state index >= 15 is 0 Å². The van der Waals surface area contributed by atoms with Crippen LogP contribution in [0.4, 0.5) is 0 Å². The number of rotatable bonds is 6. The molecule has 2 aromatic heterocycles. The van der Waals surface area contributed by atoms with Crippen molar-refractivity contribution in [3.05, 3.63) is 104 Å². The monoisotopic (exact) mass is 416 g/mol. The lowest BCUT2D eigenvalue weighted by molar-refractivity contribution is 0.673. The molecule has 31 heavy (non-hydrogen) atoms. The zero-order valence-corrected chi connectivity index (χ0v) is 20.3. The van der Waals surface area contributed by atoms with Crippen LogP contribution in [0.2, 0.25) is 0 Å². The van der Waals surface area contributed by atoms with Gasteiger partial charge in [-0.3, -0.25) is 9.97 Å². The summed E-state index contributed by atoms with van der Waals surface area (Å²) in [5, 5.41) is 0. The van der Waals surface area contributed by atoms with Gasteiger partial charge in [-0.15, -0.1) is 0 Å². The Morgan fingerprint density at radius 2 is 1.42 bits per heavy atom. The minimum Gasteiger partial charge on any atom is -0.257 e. The van der Waals surface area contributed by atoms with Gasteiger partial charge in [0.15, 0.2) is 0 Å². The number of allylic oxidation sites excluding steroid dienone is 3. The molecule has 3 rings (SSSR count). The Labute approximate surface area is 190 Å². The van der Waals surface area contributed by atoms with Gasteiger partial charge in [-0.1, -0.05) is 95.8 Å². The summed E-state index contributed by atoms with van der Waals surface area (Å²) in [5.74, 6) is 0.496. The van der Waals surface area contributed by atoms with E-state index in [1.54, 1.807) is 0 Å². The first-order valence-corrected chi connectivity index (χ1v) is 11.4. The van der Waals surface area contributed by atoms with Crippen LogP contribution >= 0.6 is 0 Å².